The lowest BCUT2D eigenvalue weighted by molar-refractivity contribution is 0.446. The van der Waals surface area contributed by atoms with Crippen LogP contribution in [0.2, 0.25) is 0 Å². The summed E-state index contributed by atoms with van der Waals surface area (Å²) in [5.74, 6) is 0.593. The van der Waals surface area contributed by atoms with Gasteiger partial charge in [-0.25, -0.2) is 4.39 Å². The van der Waals surface area contributed by atoms with Crippen LogP contribution in [0.15, 0.2) is 18.2 Å². The molecule has 0 bridgehead atoms. The molecule has 1 nitrogen and oxygen atoms in total. The van der Waals surface area contributed by atoms with Gasteiger partial charge in [-0.2, -0.15) is 0 Å². The molecule has 1 heterocycles. The van der Waals surface area contributed by atoms with Crippen LogP contribution in [-0.4, -0.2) is 13.1 Å². The summed E-state index contributed by atoms with van der Waals surface area (Å²) in [6.07, 6.45) is 2.52. The van der Waals surface area contributed by atoms with E-state index in [1.807, 2.05) is 13.0 Å². The van der Waals surface area contributed by atoms with E-state index in [-0.39, 0.29) is 5.82 Å². The van der Waals surface area contributed by atoms with Crippen molar-refractivity contribution >= 4 is 5.69 Å². The minimum absolute atomic E-state index is 0.131. The lowest BCUT2D eigenvalue weighted by atomic mass is 9.99. The van der Waals surface area contributed by atoms with Crippen LogP contribution in [0, 0.1) is 18.7 Å². The minimum atomic E-state index is -0.131. The van der Waals surface area contributed by atoms with Crippen LogP contribution in [0.3, 0.4) is 0 Å². The fraction of sp³-hybridized carbons (Fsp3) is 0.538. The van der Waals surface area contributed by atoms with Gasteiger partial charge in [-0.3, -0.25) is 0 Å². The molecule has 1 unspecified atom stereocenters. The van der Waals surface area contributed by atoms with Gasteiger partial charge < -0.3 is 4.90 Å². The summed E-state index contributed by atoms with van der Waals surface area (Å²) < 4.78 is 13.2. The largest absolute Gasteiger partial charge is 0.371 e. The summed E-state index contributed by atoms with van der Waals surface area (Å²) in [6.45, 7) is 6.44. The Balaban J connectivity index is 2.24. The standard InChI is InChI=1S/C13H18FN/c1-10-4-3-7-15(9-10)13-8-12(14)6-5-11(13)2/h5-6,8,10H,3-4,7,9H2,1-2H3. The maximum Gasteiger partial charge on any atom is 0.125 e. The number of nitrogens with zero attached hydrogens (tertiary/aromatic N) is 1. The summed E-state index contributed by atoms with van der Waals surface area (Å²) in [4.78, 5) is 2.31. The van der Waals surface area contributed by atoms with Gasteiger partial charge in [0, 0.05) is 18.8 Å². The van der Waals surface area contributed by atoms with Crippen molar-refractivity contribution in [2.75, 3.05) is 18.0 Å². The van der Waals surface area contributed by atoms with Gasteiger partial charge in [0.05, 0.1) is 0 Å². The first-order chi connectivity index (χ1) is 7.16. The fourth-order valence-electron chi connectivity index (χ4n) is 2.33. The van der Waals surface area contributed by atoms with Gasteiger partial charge in [-0.1, -0.05) is 13.0 Å². The molecule has 2 heteroatoms. The highest BCUT2D eigenvalue weighted by Gasteiger charge is 2.18. The van der Waals surface area contributed by atoms with Crippen molar-refractivity contribution in [2.24, 2.45) is 5.92 Å². The van der Waals surface area contributed by atoms with E-state index >= 15 is 0 Å². The van der Waals surface area contributed by atoms with Gasteiger partial charge in [0.2, 0.25) is 0 Å². The first-order valence-corrected chi connectivity index (χ1v) is 5.68. The molecule has 1 aliphatic heterocycles. The summed E-state index contributed by atoms with van der Waals surface area (Å²) in [5, 5.41) is 0. The lowest BCUT2D eigenvalue weighted by Gasteiger charge is -2.33. The van der Waals surface area contributed by atoms with Gasteiger partial charge in [0.25, 0.3) is 0 Å². The highest BCUT2D eigenvalue weighted by atomic mass is 19.1. The Labute approximate surface area is 90.9 Å². The Hall–Kier alpha value is -1.05. The average molecular weight is 207 g/mol. The summed E-state index contributed by atoms with van der Waals surface area (Å²) in [6, 6.07) is 5.06. The van der Waals surface area contributed by atoms with Crippen molar-refractivity contribution in [1.29, 1.82) is 0 Å². The van der Waals surface area contributed by atoms with Crippen molar-refractivity contribution in [2.45, 2.75) is 26.7 Å². The smallest absolute Gasteiger partial charge is 0.125 e. The molecule has 2 rings (SSSR count). The summed E-state index contributed by atoms with van der Waals surface area (Å²) >= 11 is 0. The predicted octanol–water partition coefficient (Wildman–Crippen LogP) is 3.37. The number of benzene rings is 1. The maximum atomic E-state index is 13.2. The highest BCUT2D eigenvalue weighted by Crippen LogP contribution is 2.26. The minimum Gasteiger partial charge on any atom is -0.371 e. The van der Waals surface area contributed by atoms with Gasteiger partial charge >= 0.3 is 0 Å². The molecule has 0 aromatic heterocycles. The molecule has 1 aromatic rings. The van der Waals surface area contributed by atoms with E-state index in [1.165, 1.54) is 24.5 Å². The van der Waals surface area contributed by atoms with Gasteiger partial charge in [0.15, 0.2) is 0 Å². The van der Waals surface area contributed by atoms with Crippen LogP contribution in [0.5, 0.6) is 0 Å². The zero-order valence-electron chi connectivity index (χ0n) is 9.46. The van der Waals surface area contributed by atoms with E-state index in [9.17, 15) is 4.39 Å². The van der Waals surface area contributed by atoms with Crippen LogP contribution < -0.4 is 4.90 Å². The molecule has 0 saturated carbocycles. The number of anilines is 1. The number of piperidine rings is 1. The molecular formula is C13H18FN. The highest BCUT2D eigenvalue weighted by molar-refractivity contribution is 5.53. The number of hydrogen-bond donors (Lipinski definition) is 0. The molecule has 1 atom stereocenters. The third kappa shape index (κ3) is 2.31. The molecule has 0 amide bonds. The molecule has 1 fully saturated rings. The van der Waals surface area contributed by atoms with Crippen molar-refractivity contribution in [1.82, 2.24) is 0 Å². The molecule has 15 heavy (non-hydrogen) atoms. The van der Waals surface area contributed by atoms with Crippen LogP contribution >= 0.6 is 0 Å². The molecule has 0 radical (unpaired) electrons. The lowest BCUT2D eigenvalue weighted by Crippen LogP contribution is -2.34. The molecular weight excluding hydrogens is 189 g/mol. The monoisotopic (exact) mass is 207 g/mol. The van der Waals surface area contributed by atoms with Crippen molar-refractivity contribution < 1.29 is 4.39 Å². The molecule has 0 N–H and O–H groups in total. The first-order valence-electron chi connectivity index (χ1n) is 5.68. The first kappa shape index (κ1) is 10.5. The predicted molar refractivity (Wildman–Crippen MR) is 61.7 cm³/mol. The second-order valence-electron chi connectivity index (χ2n) is 4.62. The Kier molecular flexibility index (Phi) is 2.94. The van der Waals surface area contributed by atoms with Crippen molar-refractivity contribution in [3.63, 3.8) is 0 Å². The number of halogens is 1. The molecule has 0 spiro atoms. The Bertz CT molecular complexity index is 348. The molecule has 1 saturated heterocycles. The van der Waals surface area contributed by atoms with E-state index in [0.717, 1.165) is 24.7 Å². The van der Waals surface area contributed by atoms with Crippen LogP contribution in [0.1, 0.15) is 25.3 Å². The van der Waals surface area contributed by atoms with E-state index in [4.69, 9.17) is 0 Å². The quantitative estimate of drug-likeness (QED) is 0.682. The molecule has 0 aliphatic carbocycles. The zero-order valence-corrected chi connectivity index (χ0v) is 9.46. The maximum absolute atomic E-state index is 13.2. The van der Waals surface area contributed by atoms with E-state index < -0.39 is 0 Å². The number of aryl methyl sites for hydroxylation is 1. The summed E-state index contributed by atoms with van der Waals surface area (Å²) in [7, 11) is 0. The third-order valence-corrected chi connectivity index (χ3v) is 3.17. The average Bonchev–Trinajstić information content (AvgIpc) is 2.22. The Morgan fingerprint density at radius 3 is 2.93 bits per heavy atom. The van der Waals surface area contributed by atoms with Gasteiger partial charge in [-0.05, 0) is 43.4 Å². The van der Waals surface area contributed by atoms with Gasteiger partial charge in [-0.15, -0.1) is 0 Å². The van der Waals surface area contributed by atoms with Crippen LogP contribution in [-0.2, 0) is 0 Å². The Morgan fingerprint density at radius 1 is 1.40 bits per heavy atom. The topological polar surface area (TPSA) is 3.24 Å². The number of rotatable bonds is 1. The van der Waals surface area contributed by atoms with Crippen molar-refractivity contribution in [3.05, 3.63) is 29.6 Å². The van der Waals surface area contributed by atoms with E-state index in [0.29, 0.717) is 0 Å². The zero-order chi connectivity index (χ0) is 10.8. The second kappa shape index (κ2) is 4.21. The second-order valence-corrected chi connectivity index (χ2v) is 4.62. The normalized spacial score (nSPS) is 21.8. The van der Waals surface area contributed by atoms with Crippen LogP contribution in [0.25, 0.3) is 0 Å². The van der Waals surface area contributed by atoms with Crippen LogP contribution in [0.4, 0.5) is 10.1 Å². The third-order valence-electron chi connectivity index (χ3n) is 3.17. The van der Waals surface area contributed by atoms with E-state index in [1.54, 1.807) is 6.07 Å². The summed E-state index contributed by atoms with van der Waals surface area (Å²) in [5.41, 5.74) is 2.24. The Morgan fingerprint density at radius 2 is 2.20 bits per heavy atom. The fourth-order valence-corrected chi connectivity index (χ4v) is 2.33. The van der Waals surface area contributed by atoms with Crippen molar-refractivity contribution in [3.8, 4) is 0 Å². The molecule has 1 aromatic carbocycles. The molecule has 82 valence electrons. The number of hydrogen-bond acceptors (Lipinski definition) is 1. The molecule has 1 aliphatic rings. The SMILES string of the molecule is Cc1ccc(F)cc1N1CCCC(C)C1. The van der Waals surface area contributed by atoms with Gasteiger partial charge in [0.1, 0.15) is 5.82 Å². The van der Waals surface area contributed by atoms with E-state index in [2.05, 4.69) is 11.8 Å².